The maximum absolute atomic E-state index is 13.5. The number of aryl methyl sites for hydroxylation is 1. The third-order valence-electron chi connectivity index (χ3n) is 6.13. The van der Waals surface area contributed by atoms with Crippen molar-refractivity contribution in [2.75, 3.05) is 10.6 Å². The van der Waals surface area contributed by atoms with Gasteiger partial charge in [0, 0.05) is 21.2 Å². The van der Waals surface area contributed by atoms with Gasteiger partial charge in [-0.15, -0.1) is 22.0 Å². The number of halogens is 1. The Hall–Kier alpha value is -4.77. The standard InChI is InChI=1S/C33H26ClN5O3S2/c1-21-38-39-33(43-21)37-32(42)29(23-11-4-2-5-12-23)44-27-17-9-16-26(20-27)35-31(41)28(19-22-10-8-15-25(34)18-22)36-30(40)24-13-6-3-7-14-24/h2-20,29H,1H3,(H,35,41)(H,36,40)(H,37,39,42)/b28-19-. The minimum absolute atomic E-state index is 0.0352. The molecule has 0 aliphatic rings. The molecule has 1 heterocycles. The van der Waals surface area contributed by atoms with E-state index >= 15 is 0 Å². The lowest BCUT2D eigenvalue weighted by Gasteiger charge is -2.17. The van der Waals surface area contributed by atoms with Gasteiger partial charge in [-0.2, -0.15) is 0 Å². The Morgan fingerprint density at radius 2 is 1.57 bits per heavy atom. The lowest BCUT2D eigenvalue weighted by Crippen LogP contribution is -2.30. The molecule has 1 atom stereocenters. The molecule has 0 aliphatic heterocycles. The predicted molar refractivity (Wildman–Crippen MR) is 177 cm³/mol. The van der Waals surface area contributed by atoms with Gasteiger partial charge in [0.2, 0.25) is 11.0 Å². The molecule has 0 aliphatic carbocycles. The fraction of sp³-hybridized carbons (Fsp3) is 0.0606. The van der Waals surface area contributed by atoms with E-state index in [0.29, 0.717) is 27.0 Å². The zero-order valence-electron chi connectivity index (χ0n) is 23.4. The Morgan fingerprint density at radius 1 is 0.841 bits per heavy atom. The van der Waals surface area contributed by atoms with Gasteiger partial charge in [-0.3, -0.25) is 19.7 Å². The molecular weight excluding hydrogens is 614 g/mol. The van der Waals surface area contributed by atoms with E-state index in [2.05, 4.69) is 26.1 Å². The fourth-order valence-electron chi connectivity index (χ4n) is 4.11. The summed E-state index contributed by atoms with van der Waals surface area (Å²) in [5, 5.41) is 17.5. The topological polar surface area (TPSA) is 113 Å². The normalized spacial score (nSPS) is 11.8. The summed E-state index contributed by atoms with van der Waals surface area (Å²) in [6.07, 6.45) is 1.56. The van der Waals surface area contributed by atoms with E-state index in [1.54, 1.807) is 78.9 Å². The molecule has 44 heavy (non-hydrogen) atoms. The monoisotopic (exact) mass is 639 g/mol. The van der Waals surface area contributed by atoms with Crippen LogP contribution in [-0.2, 0) is 9.59 Å². The van der Waals surface area contributed by atoms with E-state index in [1.807, 2.05) is 43.3 Å². The van der Waals surface area contributed by atoms with Crippen LogP contribution in [-0.4, -0.2) is 27.9 Å². The van der Waals surface area contributed by atoms with Gasteiger partial charge in [0.1, 0.15) is 16.0 Å². The van der Waals surface area contributed by atoms with Crippen molar-refractivity contribution in [3.8, 4) is 0 Å². The van der Waals surface area contributed by atoms with Crippen molar-refractivity contribution in [3.63, 3.8) is 0 Å². The number of nitrogens with zero attached hydrogens (tertiary/aromatic N) is 2. The number of carbonyl (C=O) groups is 3. The van der Waals surface area contributed by atoms with Crippen LogP contribution in [0.2, 0.25) is 5.02 Å². The Balaban J connectivity index is 1.37. The molecule has 220 valence electrons. The first-order valence-electron chi connectivity index (χ1n) is 13.4. The van der Waals surface area contributed by atoms with Gasteiger partial charge in [0.15, 0.2) is 0 Å². The van der Waals surface area contributed by atoms with Gasteiger partial charge in [0.25, 0.3) is 11.8 Å². The Bertz CT molecular complexity index is 1810. The van der Waals surface area contributed by atoms with Crippen LogP contribution >= 0.6 is 34.7 Å². The van der Waals surface area contributed by atoms with Crippen LogP contribution < -0.4 is 16.0 Å². The van der Waals surface area contributed by atoms with Crippen LogP contribution in [0.4, 0.5) is 10.8 Å². The largest absolute Gasteiger partial charge is 0.321 e. The third-order valence-corrected chi connectivity index (χ3v) is 8.37. The number of rotatable bonds is 10. The van der Waals surface area contributed by atoms with Crippen LogP contribution in [0.3, 0.4) is 0 Å². The van der Waals surface area contributed by atoms with Crippen LogP contribution in [0.1, 0.15) is 31.7 Å². The fourth-order valence-corrected chi connectivity index (χ4v) is 5.98. The van der Waals surface area contributed by atoms with E-state index in [9.17, 15) is 14.4 Å². The molecule has 5 rings (SSSR count). The number of carbonyl (C=O) groups excluding carboxylic acids is 3. The molecule has 3 N–H and O–H groups in total. The number of anilines is 2. The van der Waals surface area contributed by atoms with Crippen LogP contribution in [0.15, 0.2) is 120 Å². The lowest BCUT2D eigenvalue weighted by molar-refractivity contribution is -0.116. The number of thioether (sulfide) groups is 1. The average molecular weight is 640 g/mol. The van der Waals surface area contributed by atoms with E-state index < -0.39 is 17.1 Å². The first-order valence-corrected chi connectivity index (χ1v) is 15.5. The molecule has 0 saturated heterocycles. The SMILES string of the molecule is Cc1nnc(NC(=O)C(Sc2cccc(NC(=O)/C(=C/c3cccc(Cl)c3)NC(=O)c3ccccc3)c2)c2ccccc2)s1. The molecule has 8 nitrogen and oxygen atoms in total. The quantitative estimate of drug-likeness (QED) is 0.109. The van der Waals surface area contributed by atoms with Gasteiger partial charge < -0.3 is 10.6 Å². The smallest absolute Gasteiger partial charge is 0.272 e. The van der Waals surface area contributed by atoms with Crippen molar-refractivity contribution in [1.29, 1.82) is 0 Å². The summed E-state index contributed by atoms with van der Waals surface area (Å²) < 4.78 is 0. The number of aromatic nitrogens is 2. The minimum Gasteiger partial charge on any atom is -0.321 e. The van der Waals surface area contributed by atoms with Crippen molar-refractivity contribution < 1.29 is 14.4 Å². The molecule has 0 spiro atoms. The summed E-state index contributed by atoms with van der Waals surface area (Å²) in [5.74, 6) is -1.21. The summed E-state index contributed by atoms with van der Waals surface area (Å²) in [6.45, 7) is 1.82. The molecule has 1 aromatic heterocycles. The highest BCUT2D eigenvalue weighted by Crippen LogP contribution is 2.37. The van der Waals surface area contributed by atoms with Crippen molar-refractivity contribution in [3.05, 3.63) is 142 Å². The van der Waals surface area contributed by atoms with E-state index in [1.165, 1.54) is 23.1 Å². The zero-order valence-corrected chi connectivity index (χ0v) is 25.7. The Labute approximate surface area is 267 Å². The Morgan fingerprint density at radius 3 is 2.27 bits per heavy atom. The second-order valence-electron chi connectivity index (χ2n) is 9.44. The Kier molecular flexibility index (Phi) is 10.2. The molecular formula is C33H26ClN5O3S2. The summed E-state index contributed by atoms with van der Waals surface area (Å²) in [6, 6.07) is 32.1. The number of amides is 3. The molecule has 0 radical (unpaired) electrons. The number of hydrogen-bond donors (Lipinski definition) is 3. The molecule has 4 aromatic carbocycles. The molecule has 3 amide bonds. The number of hydrogen-bond acceptors (Lipinski definition) is 7. The van der Waals surface area contributed by atoms with Crippen LogP contribution in [0.25, 0.3) is 6.08 Å². The maximum Gasteiger partial charge on any atom is 0.272 e. The molecule has 11 heteroatoms. The molecule has 1 unspecified atom stereocenters. The van der Waals surface area contributed by atoms with Crippen LogP contribution in [0, 0.1) is 6.92 Å². The second kappa shape index (κ2) is 14.6. The van der Waals surface area contributed by atoms with E-state index in [-0.39, 0.29) is 11.6 Å². The number of benzene rings is 4. The third kappa shape index (κ3) is 8.41. The average Bonchev–Trinajstić information content (AvgIpc) is 3.44. The minimum atomic E-state index is -0.602. The highest BCUT2D eigenvalue weighted by molar-refractivity contribution is 8.00. The summed E-state index contributed by atoms with van der Waals surface area (Å²) >= 11 is 8.79. The van der Waals surface area contributed by atoms with Gasteiger partial charge >= 0.3 is 0 Å². The summed E-state index contributed by atoms with van der Waals surface area (Å²) in [5.41, 5.74) is 2.37. The zero-order chi connectivity index (χ0) is 30.9. The van der Waals surface area contributed by atoms with Crippen molar-refractivity contribution >= 4 is 69.3 Å². The van der Waals surface area contributed by atoms with Gasteiger partial charge in [-0.1, -0.05) is 89.7 Å². The lowest BCUT2D eigenvalue weighted by atomic mass is 10.1. The maximum atomic E-state index is 13.5. The molecule has 0 bridgehead atoms. The predicted octanol–water partition coefficient (Wildman–Crippen LogP) is 7.38. The van der Waals surface area contributed by atoms with E-state index in [0.717, 1.165) is 15.5 Å². The number of nitrogens with one attached hydrogen (secondary N) is 3. The molecule has 5 aromatic rings. The second-order valence-corrected chi connectivity index (χ2v) is 12.2. The van der Waals surface area contributed by atoms with Gasteiger partial charge in [-0.05, 0) is 66.6 Å². The highest BCUT2D eigenvalue weighted by atomic mass is 35.5. The van der Waals surface area contributed by atoms with Crippen molar-refractivity contribution in [2.45, 2.75) is 17.1 Å². The summed E-state index contributed by atoms with van der Waals surface area (Å²) in [4.78, 5) is 40.6. The van der Waals surface area contributed by atoms with Crippen molar-refractivity contribution in [2.24, 2.45) is 0 Å². The van der Waals surface area contributed by atoms with Gasteiger partial charge in [0.05, 0.1) is 0 Å². The first-order chi connectivity index (χ1) is 21.3. The summed E-state index contributed by atoms with van der Waals surface area (Å²) in [7, 11) is 0. The van der Waals surface area contributed by atoms with Crippen molar-refractivity contribution in [1.82, 2.24) is 15.5 Å². The van der Waals surface area contributed by atoms with E-state index in [4.69, 9.17) is 11.6 Å². The van der Waals surface area contributed by atoms with Crippen LogP contribution in [0.5, 0.6) is 0 Å². The molecule has 0 fully saturated rings. The first kappa shape index (κ1) is 30.7. The highest BCUT2D eigenvalue weighted by Gasteiger charge is 2.24. The molecule has 0 saturated carbocycles. The van der Waals surface area contributed by atoms with Gasteiger partial charge in [-0.25, -0.2) is 0 Å².